The minimum Gasteiger partial charge on any atom is -0.462 e. The number of hydrogen-bond donors (Lipinski definition) is 0. The highest BCUT2D eigenvalue weighted by molar-refractivity contribution is 5.89. The van der Waals surface area contributed by atoms with Crippen LogP contribution in [0.15, 0.2) is 54.6 Å². The lowest BCUT2D eigenvalue weighted by atomic mass is 9.99. The standard InChI is InChI=1S/C18H20O3/c1-18(2,3)13-20-17(19)14-8-7-11-16(12-14)21-15-9-5-4-6-10-15/h4-12H,13H2,1-3H3. The summed E-state index contributed by atoms with van der Waals surface area (Å²) in [6.07, 6.45) is 0. The van der Waals surface area contributed by atoms with Crippen molar-refractivity contribution in [2.24, 2.45) is 5.41 Å². The largest absolute Gasteiger partial charge is 0.462 e. The van der Waals surface area contributed by atoms with Gasteiger partial charge in [0.25, 0.3) is 0 Å². The molecule has 0 heterocycles. The van der Waals surface area contributed by atoms with Crippen LogP contribution in [0.5, 0.6) is 11.5 Å². The second-order valence-corrected chi connectivity index (χ2v) is 6.08. The second kappa shape index (κ2) is 6.44. The summed E-state index contributed by atoms with van der Waals surface area (Å²) in [5.74, 6) is 1.02. The van der Waals surface area contributed by atoms with Crippen LogP contribution in [-0.2, 0) is 4.74 Å². The second-order valence-electron chi connectivity index (χ2n) is 6.08. The van der Waals surface area contributed by atoms with E-state index in [-0.39, 0.29) is 11.4 Å². The van der Waals surface area contributed by atoms with E-state index < -0.39 is 0 Å². The number of benzene rings is 2. The summed E-state index contributed by atoms with van der Waals surface area (Å²) < 4.78 is 11.0. The van der Waals surface area contributed by atoms with Gasteiger partial charge in [0.1, 0.15) is 11.5 Å². The maximum Gasteiger partial charge on any atom is 0.338 e. The number of carbonyl (C=O) groups excluding carboxylic acids is 1. The fraction of sp³-hybridized carbons (Fsp3) is 0.278. The molecule has 0 radical (unpaired) electrons. The van der Waals surface area contributed by atoms with Gasteiger partial charge in [0, 0.05) is 0 Å². The van der Waals surface area contributed by atoms with Crippen LogP contribution in [0, 0.1) is 5.41 Å². The molecule has 0 unspecified atom stereocenters. The molecule has 0 saturated heterocycles. The number of esters is 1. The van der Waals surface area contributed by atoms with Gasteiger partial charge in [0.15, 0.2) is 0 Å². The van der Waals surface area contributed by atoms with Gasteiger partial charge in [0.05, 0.1) is 12.2 Å². The lowest BCUT2D eigenvalue weighted by Gasteiger charge is -2.17. The van der Waals surface area contributed by atoms with Crippen molar-refractivity contribution in [2.45, 2.75) is 20.8 Å². The molecule has 0 aromatic heterocycles. The normalized spacial score (nSPS) is 11.0. The van der Waals surface area contributed by atoms with Crippen molar-refractivity contribution in [2.75, 3.05) is 6.61 Å². The SMILES string of the molecule is CC(C)(C)COC(=O)c1cccc(Oc2ccccc2)c1. The molecular formula is C18H20O3. The Morgan fingerprint density at radius 1 is 0.952 bits per heavy atom. The Kier molecular flexibility index (Phi) is 4.63. The van der Waals surface area contributed by atoms with Crippen LogP contribution < -0.4 is 4.74 Å². The lowest BCUT2D eigenvalue weighted by molar-refractivity contribution is 0.0366. The topological polar surface area (TPSA) is 35.5 Å². The van der Waals surface area contributed by atoms with Gasteiger partial charge in [-0.05, 0) is 35.7 Å². The molecule has 0 amide bonds. The zero-order valence-electron chi connectivity index (χ0n) is 12.6. The van der Waals surface area contributed by atoms with Crippen LogP contribution in [0.4, 0.5) is 0 Å². The first-order valence-corrected chi connectivity index (χ1v) is 6.94. The van der Waals surface area contributed by atoms with E-state index in [1.807, 2.05) is 57.2 Å². The first kappa shape index (κ1) is 15.1. The van der Waals surface area contributed by atoms with E-state index >= 15 is 0 Å². The number of hydrogen-bond acceptors (Lipinski definition) is 3. The van der Waals surface area contributed by atoms with Crippen LogP contribution in [0.1, 0.15) is 31.1 Å². The highest BCUT2D eigenvalue weighted by atomic mass is 16.5. The minimum atomic E-state index is -0.330. The molecule has 0 bridgehead atoms. The summed E-state index contributed by atoms with van der Waals surface area (Å²) in [5.41, 5.74) is 0.445. The van der Waals surface area contributed by atoms with Crippen molar-refractivity contribution in [1.82, 2.24) is 0 Å². The summed E-state index contributed by atoms with van der Waals surface area (Å²) in [7, 11) is 0. The molecule has 0 aliphatic rings. The molecule has 3 nitrogen and oxygen atoms in total. The monoisotopic (exact) mass is 284 g/mol. The molecule has 0 aliphatic carbocycles. The van der Waals surface area contributed by atoms with Gasteiger partial charge in [0.2, 0.25) is 0 Å². The maximum absolute atomic E-state index is 12.0. The van der Waals surface area contributed by atoms with E-state index in [0.717, 1.165) is 5.75 Å². The highest BCUT2D eigenvalue weighted by Gasteiger charge is 2.15. The zero-order valence-corrected chi connectivity index (χ0v) is 12.6. The Bertz CT molecular complexity index is 597. The first-order chi connectivity index (χ1) is 9.94. The van der Waals surface area contributed by atoms with Crippen molar-refractivity contribution < 1.29 is 14.3 Å². The molecule has 21 heavy (non-hydrogen) atoms. The molecule has 0 atom stereocenters. The Balaban J connectivity index is 2.05. The van der Waals surface area contributed by atoms with Gasteiger partial charge < -0.3 is 9.47 Å². The fourth-order valence-electron chi connectivity index (χ4n) is 1.68. The third-order valence-corrected chi connectivity index (χ3v) is 2.68. The zero-order chi connectivity index (χ0) is 15.3. The molecule has 0 aliphatic heterocycles. The average molecular weight is 284 g/mol. The Morgan fingerprint density at radius 2 is 1.62 bits per heavy atom. The Hall–Kier alpha value is -2.29. The van der Waals surface area contributed by atoms with Crippen molar-refractivity contribution in [3.05, 3.63) is 60.2 Å². The molecule has 0 N–H and O–H groups in total. The predicted molar refractivity (Wildman–Crippen MR) is 82.7 cm³/mol. The Morgan fingerprint density at radius 3 is 2.29 bits per heavy atom. The van der Waals surface area contributed by atoms with Gasteiger partial charge in [-0.1, -0.05) is 45.0 Å². The van der Waals surface area contributed by atoms with Gasteiger partial charge >= 0.3 is 5.97 Å². The predicted octanol–water partition coefficient (Wildman–Crippen LogP) is 4.68. The van der Waals surface area contributed by atoms with Crippen molar-refractivity contribution in [3.63, 3.8) is 0 Å². The molecule has 2 aromatic carbocycles. The van der Waals surface area contributed by atoms with E-state index in [4.69, 9.17) is 9.47 Å². The molecule has 2 rings (SSSR count). The third kappa shape index (κ3) is 4.95. The molecule has 0 spiro atoms. The number of ether oxygens (including phenoxy) is 2. The van der Waals surface area contributed by atoms with E-state index in [2.05, 4.69) is 0 Å². The fourth-order valence-corrected chi connectivity index (χ4v) is 1.68. The van der Waals surface area contributed by atoms with E-state index in [1.54, 1.807) is 18.2 Å². The highest BCUT2D eigenvalue weighted by Crippen LogP contribution is 2.22. The molecular weight excluding hydrogens is 264 g/mol. The number of rotatable bonds is 4. The smallest absolute Gasteiger partial charge is 0.338 e. The van der Waals surface area contributed by atoms with Crippen LogP contribution in [0.2, 0.25) is 0 Å². The van der Waals surface area contributed by atoms with Gasteiger partial charge in [-0.25, -0.2) is 4.79 Å². The summed E-state index contributed by atoms with van der Waals surface area (Å²) >= 11 is 0. The van der Waals surface area contributed by atoms with Crippen molar-refractivity contribution in [1.29, 1.82) is 0 Å². The van der Waals surface area contributed by atoms with E-state index in [0.29, 0.717) is 17.9 Å². The quantitative estimate of drug-likeness (QED) is 0.765. The first-order valence-electron chi connectivity index (χ1n) is 6.94. The molecule has 110 valence electrons. The van der Waals surface area contributed by atoms with E-state index in [9.17, 15) is 4.79 Å². The molecule has 3 heteroatoms. The third-order valence-electron chi connectivity index (χ3n) is 2.68. The molecule has 2 aromatic rings. The van der Waals surface area contributed by atoms with Crippen LogP contribution in [0.3, 0.4) is 0 Å². The molecule has 0 saturated carbocycles. The Labute approximate surface area is 125 Å². The summed E-state index contributed by atoms with van der Waals surface area (Å²) in [6.45, 7) is 6.45. The summed E-state index contributed by atoms with van der Waals surface area (Å²) in [5, 5.41) is 0. The van der Waals surface area contributed by atoms with Crippen LogP contribution >= 0.6 is 0 Å². The van der Waals surface area contributed by atoms with Crippen molar-refractivity contribution in [3.8, 4) is 11.5 Å². The summed E-state index contributed by atoms with van der Waals surface area (Å²) in [4.78, 5) is 12.0. The van der Waals surface area contributed by atoms with E-state index in [1.165, 1.54) is 0 Å². The maximum atomic E-state index is 12.0. The van der Waals surface area contributed by atoms with Gasteiger partial charge in [-0.3, -0.25) is 0 Å². The summed E-state index contributed by atoms with van der Waals surface area (Å²) in [6, 6.07) is 16.5. The number of carbonyl (C=O) groups is 1. The average Bonchev–Trinajstić information content (AvgIpc) is 2.45. The molecule has 0 fully saturated rings. The lowest BCUT2D eigenvalue weighted by Crippen LogP contribution is -2.18. The van der Waals surface area contributed by atoms with Crippen LogP contribution in [-0.4, -0.2) is 12.6 Å². The van der Waals surface area contributed by atoms with Crippen molar-refractivity contribution >= 4 is 5.97 Å². The minimum absolute atomic E-state index is 0.0478. The van der Waals surface area contributed by atoms with Gasteiger partial charge in [-0.2, -0.15) is 0 Å². The van der Waals surface area contributed by atoms with Gasteiger partial charge in [-0.15, -0.1) is 0 Å². The number of para-hydroxylation sites is 1. The van der Waals surface area contributed by atoms with Crippen LogP contribution in [0.25, 0.3) is 0 Å².